The van der Waals surface area contributed by atoms with Crippen LogP contribution >= 0.6 is 0 Å². The zero-order valence-corrected chi connectivity index (χ0v) is 8.53. The van der Waals surface area contributed by atoms with Crippen LogP contribution in [0.1, 0.15) is 25.7 Å². The highest BCUT2D eigenvalue weighted by atomic mass is 16.5. The predicted molar refractivity (Wildman–Crippen MR) is 54.9 cm³/mol. The van der Waals surface area contributed by atoms with Crippen molar-refractivity contribution in [2.24, 2.45) is 5.73 Å². The van der Waals surface area contributed by atoms with Gasteiger partial charge in [-0.3, -0.25) is 0 Å². The summed E-state index contributed by atoms with van der Waals surface area (Å²) in [7, 11) is 1.36. The van der Waals surface area contributed by atoms with Crippen molar-refractivity contribution in [2.45, 2.75) is 37.8 Å². The van der Waals surface area contributed by atoms with Crippen molar-refractivity contribution in [1.82, 2.24) is 5.32 Å². The van der Waals surface area contributed by atoms with E-state index in [4.69, 9.17) is 5.73 Å². The van der Waals surface area contributed by atoms with Crippen LogP contribution in [-0.2, 0) is 4.74 Å². The van der Waals surface area contributed by atoms with Crippen LogP contribution in [0.25, 0.3) is 0 Å². The smallest absolute Gasteiger partial charge is 0.407 e. The van der Waals surface area contributed by atoms with Gasteiger partial charge in [-0.25, -0.2) is 4.79 Å². The van der Waals surface area contributed by atoms with Crippen molar-refractivity contribution in [3.8, 4) is 0 Å². The number of rotatable bonds is 1. The lowest BCUT2D eigenvalue weighted by Gasteiger charge is -2.23. The van der Waals surface area contributed by atoms with Gasteiger partial charge in [0.05, 0.1) is 13.2 Å². The molecule has 1 aliphatic carbocycles. The first-order valence-electron chi connectivity index (χ1n) is 5.01. The molecule has 2 atom stereocenters. The maximum atomic E-state index is 11.0. The highest BCUT2D eigenvalue weighted by Crippen LogP contribution is 2.11. The van der Waals surface area contributed by atoms with Crippen LogP contribution in [0.2, 0.25) is 0 Å². The zero-order chi connectivity index (χ0) is 10.4. The summed E-state index contributed by atoms with van der Waals surface area (Å²) < 4.78 is 4.54. The minimum atomic E-state index is -0.403. The second-order valence-corrected chi connectivity index (χ2v) is 3.53. The number of alkyl carbamates (subject to hydrolysis) is 1. The van der Waals surface area contributed by atoms with Crippen LogP contribution < -0.4 is 11.1 Å². The van der Waals surface area contributed by atoms with E-state index in [9.17, 15) is 4.79 Å². The lowest BCUT2D eigenvalue weighted by Crippen LogP contribution is -2.46. The fourth-order valence-electron chi connectivity index (χ4n) is 1.59. The highest BCUT2D eigenvalue weighted by Gasteiger charge is 2.18. The molecule has 0 fully saturated rings. The van der Waals surface area contributed by atoms with Crippen LogP contribution in [0.15, 0.2) is 12.2 Å². The summed E-state index contributed by atoms with van der Waals surface area (Å²) in [5, 5.41) is 2.75. The van der Waals surface area contributed by atoms with E-state index in [2.05, 4.69) is 16.1 Å². The van der Waals surface area contributed by atoms with Gasteiger partial charge < -0.3 is 15.8 Å². The van der Waals surface area contributed by atoms with E-state index in [1.165, 1.54) is 7.11 Å². The van der Waals surface area contributed by atoms with E-state index in [1.807, 2.05) is 6.08 Å². The first-order valence-corrected chi connectivity index (χ1v) is 5.01. The summed E-state index contributed by atoms with van der Waals surface area (Å²) in [5.41, 5.74) is 5.89. The number of nitrogens with two attached hydrogens (primary N) is 1. The summed E-state index contributed by atoms with van der Waals surface area (Å²) in [6.45, 7) is 0. The van der Waals surface area contributed by atoms with Gasteiger partial charge in [-0.1, -0.05) is 18.6 Å². The van der Waals surface area contributed by atoms with Crippen molar-refractivity contribution in [3.63, 3.8) is 0 Å². The number of carbonyl (C=O) groups is 1. The third-order valence-corrected chi connectivity index (χ3v) is 2.45. The van der Waals surface area contributed by atoms with E-state index >= 15 is 0 Å². The second-order valence-electron chi connectivity index (χ2n) is 3.53. The minimum absolute atomic E-state index is 0.000926. The summed E-state index contributed by atoms with van der Waals surface area (Å²) in [6.07, 6.45) is 7.88. The maximum Gasteiger partial charge on any atom is 0.407 e. The van der Waals surface area contributed by atoms with Crippen molar-refractivity contribution >= 4 is 6.09 Å². The van der Waals surface area contributed by atoms with Crippen LogP contribution in [-0.4, -0.2) is 25.3 Å². The van der Waals surface area contributed by atoms with Gasteiger partial charge in [0.25, 0.3) is 0 Å². The Hall–Kier alpha value is -1.03. The molecule has 0 heterocycles. The molecule has 4 nitrogen and oxygen atoms in total. The largest absolute Gasteiger partial charge is 0.453 e. The number of carbonyl (C=O) groups excluding carboxylic acids is 1. The monoisotopic (exact) mass is 198 g/mol. The number of allylic oxidation sites excluding steroid dienone is 1. The predicted octanol–water partition coefficient (Wildman–Crippen LogP) is 1.17. The second kappa shape index (κ2) is 5.65. The van der Waals surface area contributed by atoms with Gasteiger partial charge in [0.15, 0.2) is 0 Å². The topological polar surface area (TPSA) is 64.3 Å². The first-order chi connectivity index (χ1) is 6.74. The van der Waals surface area contributed by atoms with Gasteiger partial charge in [-0.05, 0) is 19.3 Å². The summed E-state index contributed by atoms with van der Waals surface area (Å²) >= 11 is 0. The Morgan fingerprint density at radius 2 is 2.36 bits per heavy atom. The summed E-state index contributed by atoms with van der Waals surface area (Å²) in [5.74, 6) is 0. The van der Waals surface area contributed by atoms with Crippen molar-refractivity contribution in [1.29, 1.82) is 0 Å². The first kappa shape index (κ1) is 11.0. The molecule has 0 radical (unpaired) electrons. The SMILES string of the molecule is COC(=O)N[C@@H]1CCCC/C=C/[C@H]1N. The van der Waals surface area contributed by atoms with Crippen LogP contribution in [0, 0.1) is 0 Å². The normalized spacial score (nSPS) is 29.9. The number of ether oxygens (including phenoxy) is 1. The lowest BCUT2D eigenvalue weighted by atomic mass is 9.98. The molecular formula is C10H18N2O2. The molecule has 0 unspecified atom stereocenters. The van der Waals surface area contributed by atoms with Crippen molar-refractivity contribution in [2.75, 3.05) is 7.11 Å². The number of amides is 1. The molecule has 0 aliphatic heterocycles. The summed E-state index contributed by atoms with van der Waals surface area (Å²) in [4.78, 5) is 11.0. The van der Waals surface area contributed by atoms with E-state index in [0.717, 1.165) is 25.7 Å². The average molecular weight is 198 g/mol. The number of hydrogen-bond donors (Lipinski definition) is 2. The molecule has 0 saturated heterocycles. The molecule has 3 N–H and O–H groups in total. The van der Waals surface area contributed by atoms with Gasteiger partial charge in [-0.2, -0.15) is 0 Å². The number of nitrogens with one attached hydrogen (secondary N) is 1. The number of hydrogen-bond acceptors (Lipinski definition) is 3. The van der Waals surface area contributed by atoms with E-state index in [-0.39, 0.29) is 12.1 Å². The molecule has 1 rings (SSSR count). The van der Waals surface area contributed by atoms with Crippen LogP contribution in [0.5, 0.6) is 0 Å². The van der Waals surface area contributed by atoms with Gasteiger partial charge in [0.2, 0.25) is 0 Å². The van der Waals surface area contributed by atoms with Crippen LogP contribution in [0.3, 0.4) is 0 Å². The molecule has 1 aliphatic rings. The number of methoxy groups -OCH3 is 1. The Bertz CT molecular complexity index is 216. The fraction of sp³-hybridized carbons (Fsp3) is 0.700. The van der Waals surface area contributed by atoms with E-state index in [1.54, 1.807) is 0 Å². The molecule has 0 spiro atoms. The Balaban J connectivity index is 2.50. The Labute approximate surface area is 84.5 Å². The fourth-order valence-corrected chi connectivity index (χ4v) is 1.59. The van der Waals surface area contributed by atoms with Crippen molar-refractivity contribution < 1.29 is 9.53 Å². The molecular weight excluding hydrogens is 180 g/mol. The van der Waals surface area contributed by atoms with Gasteiger partial charge in [0, 0.05) is 6.04 Å². The van der Waals surface area contributed by atoms with E-state index < -0.39 is 6.09 Å². The molecule has 4 heteroatoms. The average Bonchev–Trinajstić information content (AvgIpc) is 2.17. The molecule has 1 amide bonds. The van der Waals surface area contributed by atoms with Crippen molar-refractivity contribution in [3.05, 3.63) is 12.2 Å². The molecule has 0 aromatic rings. The molecule has 0 aromatic carbocycles. The van der Waals surface area contributed by atoms with Gasteiger partial charge >= 0.3 is 6.09 Å². The van der Waals surface area contributed by atoms with E-state index in [0.29, 0.717) is 0 Å². The third kappa shape index (κ3) is 3.38. The maximum absolute atomic E-state index is 11.0. The van der Waals surface area contributed by atoms with Crippen LogP contribution in [0.4, 0.5) is 4.79 Å². The van der Waals surface area contributed by atoms with Gasteiger partial charge in [-0.15, -0.1) is 0 Å². The lowest BCUT2D eigenvalue weighted by molar-refractivity contribution is 0.164. The molecule has 0 saturated carbocycles. The Kier molecular flexibility index (Phi) is 4.46. The molecule has 0 aromatic heterocycles. The molecule has 14 heavy (non-hydrogen) atoms. The standard InChI is InChI=1S/C10H18N2O2/c1-14-10(13)12-9-7-5-3-2-4-6-8(9)11/h4,6,8-9H,2-3,5,7,11H2,1H3,(H,12,13)/b6-4+/t8-,9-/m1/s1. The third-order valence-electron chi connectivity index (χ3n) is 2.45. The van der Waals surface area contributed by atoms with Gasteiger partial charge in [0.1, 0.15) is 0 Å². The minimum Gasteiger partial charge on any atom is -0.453 e. The molecule has 80 valence electrons. The Morgan fingerprint density at radius 1 is 1.57 bits per heavy atom. The zero-order valence-electron chi connectivity index (χ0n) is 8.53. The molecule has 0 bridgehead atoms. The quantitative estimate of drug-likeness (QED) is 0.621. The highest BCUT2D eigenvalue weighted by molar-refractivity contribution is 5.67. The Morgan fingerprint density at radius 3 is 3.07 bits per heavy atom. The summed E-state index contributed by atoms with van der Waals surface area (Å²) in [6, 6.07) is -0.103.